The fourth-order valence-corrected chi connectivity index (χ4v) is 4.77. The van der Waals surface area contributed by atoms with Gasteiger partial charge in [-0.05, 0) is 37.5 Å². The van der Waals surface area contributed by atoms with E-state index in [1.165, 1.54) is 71.0 Å². The molecule has 1 unspecified atom stereocenters. The number of nitrogens with one attached hydrogen (secondary N) is 1. The molecule has 1 N–H and O–H groups in total. The molecule has 2 aliphatic carbocycles. The number of hydrogen-bond acceptors (Lipinski definition) is 2. The van der Waals surface area contributed by atoms with Gasteiger partial charge in [0.05, 0.1) is 0 Å². The van der Waals surface area contributed by atoms with E-state index >= 15 is 0 Å². The average molecular weight is 250 g/mol. The third-order valence-corrected chi connectivity index (χ3v) is 5.76. The number of nitrogens with zero attached hydrogens (tertiary/aromatic N) is 1. The molecule has 3 rings (SSSR count). The summed E-state index contributed by atoms with van der Waals surface area (Å²) in [5, 5.41) is 3.68. The summed E-state index contributed by atoms with van der Waals surface area (Å²) in [5.74, 6) is 0. The highest BCUT2D eigenvalue weighted by atomic mass is 15.3. The van der Waals surface area contributed by atoms with Gasteiger partial charge in [0.2, 0.25) is 0 Å². The Balaban J connectivity index is 1.75. The Kier molecular flexibility index (Phi) is 3.44. The zero-order valence-corrected chi connectivity index (χ0v) is 12.3. The van der Waals surface area contributed by atoms with Crippen molar-refractivity contribution in [2.24, 2.45) is 5.41 Å². The lowest BCUT2D eigenvalue weighted by Gasteiger charge is -2.52. The fraction of sp³-hybridized carbons (Fsp3) is 1.00. The van der Waals surface area contributed by atoms with Crippen molar-refractivity contribution in [3.05, 3.63) is 0 Å². The number of hydrogen-bond donors (Lipinski definition) is 1. The third-order valence-electron chi connectivity index (χ3n) is 5.76. The predicted molar refractivity (Wildman–Crippen MR) is 76.8 cm³/mol. The van der Waals surface area contributed by atoms with Crippen LogP contribution in [0.3, 0.4) is 0 Å². The molecule has 2 nitrogen and oxygen atoms in total. The van der Waals surface area contributed by atoms with Crippen molar-refractivity contribution < 1.29 is 0 Å². The molecule has 18 heavy (non-hydrogen) atoms. The third kappa shape index (κ3) is 2.34. The van der Waals surface area contributed by atoms with E-state index in [4.69, 9.17) is 0 Å². The topological polar surface area (TPSA) is 15.3 Å². The summed E-state index contributed by atoms with van der Waals surface area (Å²) in [7, 11) is 0. The van der Waals surface area contributed by atoms with Gasteiger partial charge in [0.1, 0.15) is 0 Å². The quantitative estimate of drug-likeness (QED) is 0.769. The molecule has 2 heteroatoms. The van der Waals surface area contributed by atoms with Crippen molar-refractivity contribution in [3.8, 4) is 0 Å². The van der Waals surface area contributed by atoms with E-state index in [0.717, 1.165) is 6.04 Å². The lowest BCUT2D eigenvalue weighted by Crippen LogP contribution is -2.64. The van der Waals surface area contributed by atoms with E-state index in [9.17, 15) is 0 Å². The van der Waals surface area contributed by atoms with Gasteiger partial charge >= 0.3 is 0 Å². The molecular formula is C16H30N2. The van der Waals surface area contributed by atoms with Gasteiger partial charge in [-0.2, -0.15) is 0 Å². The van der Waals surface area contributed by atoms with Crippen LogP contribution in [-0.2, 0) is 0 Å². The van der Waals surface area contributed by atoms with E-state index in [1.54, 1.807) is 0 Å². The maximum atomic E-state index is 3.68. The predicted octanol–water partition coefficient (Wildman–Crippen LogP) is 3.17. The maximum absolute atomic E-state index is 3.68. The summed E-state index contributed by atoms with van der Waals surface area (Å²) in [6, 6.07) is 0.875. The van der Waals surface area contributed by atoms with E-state index in [-0.39, 0.29) is 0 Å². The summed E-state index contributed by atoms with van der Waals surface area (Å²) in [6.07, 6.45) is 11.5. The van der Waals surface area contributed by atoms with Crippen molar-refractivity contribution in [1.29, 1.82) is 0 Å². The van der Waals surface area contributed by atoms with Gasteiger partial charge in [-0.3, -0.25) is 4.90 Å². The van der Waals surface area contributed by atoms with Crippen molar-refractivity contribution in [2.75, 3.05) is 19.6 Å². The molecule has 0 aromatic heterocycles. The second kappa shape index (κ2) is 4.79. The minimum Gasteiger partial charge on any atom is -0.314 e. The molecule has 0 amide bonds. The van der Waals surface area contributed by atoms with Gasteiger partial charge in [-0.1, -0.05) is 33.1 Å². The molecule has 3 aliphatic rings. The smallest absolute Gasteiger partial charge is 0.0337 e. The first-order valence-electron chi connectivity index (χ1n) is 8.09. The minimum absolute atomic E-state index is 0.529. The van der Waals surface area contributed by atoms with Gasteiger partial charge in [0, 0.05) is 31.2 Å². The summed E-state index contributed by atoms with van der Waals surface area (Å²) < 4.78 is 0. The van der Waals surface area contributed by atoms with Crippen LogP contribution < -0.4 is 5.32 Å². The molecule has 1 atom stereocenters. The number of piperazine rings is 1. The molecule has 0 aromatic carbocycles. The highest BCUT2D eigenvalue weighted by Crippen LogP contribution is 2.44. The van der Waals surface area contributed by atoms with Crippen molar-refractivity contribution in [2.45, 2.75) is 76.8 Å². The second-order valence-electron chi connectivity index (χ2n) is 7.72. The summed E-state index contributed by atoms with van der Waals surface area (Å²) in [5.41, 5.74) is 1.12. The van der Waals surface area contributed by atoms with Crippen LogP contribution in [0.15, 0.2) is 0 Å². The molecule has 0 aromatic rings. The monoisotopic (exact) mass is 250 g/mol. The fourth-order valence-electron chi connectivity index (χ4n) is 4.77. The van der Waals surface area contributed by atoms with Crippen LogP contribution in [0.4, 0.5) is 0 Å². The van der Waals surface area contributed by atoms with E-state index in [1.807, 2.05) is 0 Å². The first kappa shape index (κ1) is 12.9. The van der Waals surface area contributed by atoms with E-state index in [0.29, 0.717) is 11.0 Å². The maximum Gasteiger partial charge on any atom is 0.0337 e. The molecule has 104 valence electrons. The van der Waals surface area contributed by atoms with Gasteiger partial charge in [-0.25, -0.2) is 0 Å². The number of rotatable bonds is 1. The van der Waals surface area contributed by atoms with Crippen LogP contribution >= 0.6 is 0 Å². The van der Waals surface area contributed by atoms with Crippen LogP contribution in [0.1, 0.15) is 65.2 Å². The van der Waals surface area contributed by atoms with E-state index in [2.05, 4.69) is 24.1 Å². The summed E-state index contributed by atoms with van der Waals surface area (Å²) >= 11 is 0. The van der Waals surface area contributed by atoms with Crippen LogP contribution in [0, 0.1) is 5.41 Å². The Hall–Kier alpha value is -0.0800. The molecule has 2 saturated carbocycles. The lowest BCUT2D eigenvalue weighted by molar-refractivity contribution is -0.00804. The van der Waals surface area contributed by atoms with Gasteiger partial charge < -0.3 is 5.32 Å². The first-order valence-corrected chi connectivity index (χ1v) is 8.09. The second-order valence-corrected chi connectivity index (χ2v) is 7.72. The molecule has 1 aliphatic heterocycles. The van der Waals surface area contributed by atoms with Crippen LogP contribution in [-0.4, -0.2) is 36.1 Å². The molecule has 3 fully saturated rings. The standard InChI is InChI=1S/C16H30N2/c1-15(2)9-6-14(12-15)18-11-10-17-13-16(18)7-4-3-5-8-16/h14,17H,3-13H2,1-2H3. The molecule has 1 saturated heterocycles. The summed E-state index contributed by atoms with van der Waals surface area (Å²) in [6.45, 7) is 8.68. The molecule has 1 spiro atoms. The van der Waals surface area contributed by atoms with Crippen LogP contribution in [0.2, 0.25) is 0 Å². The lowest BCUT2D eigenvalue weighted by atomic mass is 9.78. The Morgan fingerprint density at radius 2 is 1.83 bits per heavy atom. The zero-order valence-electron chi connectivity index (χ0n) is 12.3. The first-order chi connectivity index (χ1) is 8.61. The highest BCUT2D eigenvalue weighted by Gasteiger charge is 2.45. The van der Waals surface area contributed by atoms with E-state index < -0.39 is 0 Å². The molecule has 1 heterocycles. The Morgan fingerprint density at radius 1 is 1.06 bits per heavy atom. The van der Waals surface area contributed by atoms with Crippen molar-refractivity contribution >= 4 is 0 Å². The Bertz CT molecular complexity index is 283. The van der Waals surface area contributed by atoms with Gasteiger partial charge in [-0.15, -0.1) is 0 Å². The van der Waals surface area contributed by atoms with Gasteiger partial charge in [0.25, 0.3) is 0 Å². The Morgan fingerprint density at radius 3 is 2.50 bits per heavy atom. The highest BCUT2D eigenvalue weighted by molar-refractivity contribution is 5.02. The largest absolute Gasteiger partial charge is 0.314 e. The molecular weight excluding hydrogens is 220 g/mol. The van der Waals surface area contributed by atoms with Crippen molar-refractivity contribution in [1.82, 2.24) is 10.2 Å². The van der Waals surface area contributed by atoms with Crippen LogP contribution in [0.5, 0.6) is 0 Å². The normalized spacial score (nSPS) is 36.0. The summed E-state index contributed by atoms with van der Waals surface area (Å²) in [4.78, 5) is 2.94. The molecule has 0 radical (unpaired) electrons. The zero-order chi connectivity index (χ0) is 12.6. The SMILES string of the molecule is CC1(C)CCC(N2CCNCC23CCCCC3)C1. The Labute approximate surface area is 113 Å². The average Bonchev–Trinajstić information content (AvgIpc) is 2.71. The van der Waals surface area contributed by atoms with Gasteiger partial charge in [0.15, 0.2) is 0 Å². The molecule has 0 bridgehead atoms. The minimum atomic E-state index is 0.529. The van der Waals surface area contributed by atoms with Crippen molar-refractivity contribution in [3.63, 3.8) is 0 Å². The van der Waals surface area contributed by atoms with Crippen LogP contribution in [0.25, 0.3) is 0 Å².